The van der Waals surface area contributed by atoms with E-state index in [-0.39, 0.29) is 15.6 Å². The van der Waals surface area contributed by atoms with Gasteiger partial charge in [0.1, 0.15) is 0 Å². The molecule has 0 heterocycles. The number of rotatable bonds is 2. The second-order valence-electron chi connectivity index (χ2n) is 4.19. The first kappa shape index (κ1) is 15.7. The average molecular weight is 335 g/mol. The molecule has 0 aromatic heterocycles. The first-order valence-corrected chi connectivity index (χ1v) is 6.35. The monoisotopic (exact) mass is 334 g/mol. The van der Waals surface area contributed by atoms with Gasteiger partial charge in [0.2, 0.25) is 0 Å². The first-order valence-electron chi connectivity index (χ1n) is 5.60. The maximum absolute atomic E-state index is 12.9. The third kappa shape index (κ3) is 3.31. The van der Waals surface area contributed by atoms with Gasteiger partial charge in [-0.15, -0.1) is 0 Å². The minimum Gasteiger partial charge on any atom is -0.478 e. The predicted molar refractivity (Wildman–Crippen MR) is 73.9 cm³/mol. The van der Waals surface area contributed by atoms with Crippen molar-refractivity contribution in [2.75, 3.05) is 0 Å². The first-order chi connectivity index (χ1) is 9.70. The minimum atomic E-state index is -4.76. The Morgan fingerprint density at radius 1 is 0.952 bits per heavy atom. The smallest absolute Gasteiger partial charge is 0.417 e. The van der Waals surface area contributed by atoms with Gasteiger partial charge in [-0.25, -0.2) is 4.79 Å². The van der Waals surface area contributed by atoms with Crippen LogP contribution < -0.4 is 0 Å². The number of hydrogen-bond acceptors (Lipinski definition) is 1. The van der Waals surface area contributed by atoms with Crippen LogP contribution in [0.1, 0.15) is 15.9 Å². The molecule has 2 rings (SSSR count). The highest BCUT2D eigenvalue weighted by atomic mass is 35.5. The van der Waals surface area contributed by atoms with E-state index in [0.29, 0.717) is 5.56 Å². The summed E-state index contributed by atoms with van der Waals surface area (Å²) in [5, 5.41) is 9.31. The summed E-state index contributed by atoms with van der Waals surface area (Å²) in [6.45, 7) is 0. The fourth-order valence-electron chi connectivity index (χ4n) is 1.82. The molecule has 0 atom stereocenters. The Morgan fingerprint density at radius 3 is 2.05 bits per heavy atom. The molecule has 0 saturated heterocycles. The molecule has 2 aromatic carbocycles. The Balaban J connectivity index is 2.61. The van der Waals surface area contributed by atoms with Crippen LogP contribution in [0.3, 0.4) is 0 Å². The van der Waals surface area contributed by atoms with E-state index in [1.165, 1.54) is 24.3 Å². The predicted octanol–water partition coefficient (Wildman–Crippen LogP) is 5.38. The third-order valence-corrected chi connectivity index (χ3v) is 3.55. The Kier molecular flexibility index (Phi) is 4.16. The lowest BCUT2D eigenvalue weighted by Crippen LogP contribution is -2.12. The number of hydrogen-bond donors (Lipinski definition) is 1. The standard InChI is InChI=1S/C14H7Cl2F3O2/c15-11-4-2-8(6-12(11)16)7-1-3-9(13(20)21)10(5-7)14(17,18)19/h1-6H,(H,20,21). The molecule has 0 amide bonds. The molecule has 21 heavy (non-hydrogen) atoms. The maximum atomic E-state index is 12.9. The summed E-state index contributed by atoms with van der Waals surface area (Å²) in [6, 6.07) is 7.37. The average Bonchev–Trinajstić information content (AvgIpc) is 2.40. The van der Waals surface area contributed by atoms with E-state index in [1.54, 1.807) is 0 Å². The van der Waals surface area contributed by atoms with Crippen LogP contribution in [0.15, 0.2) is 36.4 Å². The molecule has 1 N–H and O–H groups in total. The van der Waals surface area contributed by atoms with Gasteiger partial charge in [-0.2, -0.15) is 13.2 Å². The number of aromatic carboxylic acids is 1. The van der Waals surface area contributed by atoms with Gasteiger partial charge in [0.15, 0.2) is 0 Å². The molecule has 0 aliphatic rings. The Bertz CT molecular complexity index is 712. The molecular weight excluding hydrogens is 328 g/mol. The molecule has 0 spiro atoms. The van der Waals surface area contributed by atoms with Crippen molar-refractivity contribution in [3.63, 3.8) is 0 Å². The van der Waals surface area contributed by atoms with E-state index in [9.17, 15) is 18.0 Å². The summed E-state index contributed by atoms with van der Waals surface area (Å²) in [4.78, 5) is 10.9. The topological polar surface area (TPSA) is 37.3 Å². The van der Waals surface area contributed by atoms with Gasteiger partial charge in [-0.1, -0.05) is 35.3 Å². The number of carbonyl (C=O) groups is 1. The lowest BCUT2D eigenvalue weighted by molar-refractivity contribution is -0.138. The Hall–Kier alpha value is -1.72. The van der Waals surface area contributed by atoms with Gasteiger partial charge in [0.05, 0.1) is 21.2 Å². The van der Waals surface area contributed by atoms with Crippen molar-refractivity contribution < 1.29 is 23.1 Å². The van der Waals surface area contributed by atoms with E-state index < -0.39 is 23.3 Å². The van der Waals surface area contributed by atoms with Gasteiger partial charge in [0, 0.05) is 0 Å². The molecule has 0 aliphatic carbocycles. The van der Waals surface area contributed by atoms with Gasteiger partial charge >= 0.3 is 12.1 Å². The quantitative estimate of drug-likeness (QED) is 0.800. The summed E-state index contributed by atoms with van der Waals surface area (Å²) < 4.78 is 38.8. The number of carboxylic acid groups (broad SMARTS) is 1. The van der Waals surface area contributed by atoms with Crippen molar-refractivity contribution in [2.24, 2.45) is 0 Å². The summed E-state index contributed by atoms with van der Waals surface area (Å²) in [7, 11) is 0. The molecule has 0 saturated carbocycles. The normalized spacial score (nSPS) is 11.5. The van der Waals surface area contributed by atoms with E-state index in [2.05, 4.69) is 0 Å². The Morgan fingerprint density at radius 2 is 1.52 bits per heavy atom. The van der Waals surface area contributed by atoms with E-state index >= 15 is 0 Å². The lowest BCUT2D eigenvalue weighted by Gasteiger charge is -2.12. The molecule has 7 heteroatoms. The van der Waals surface area contributed by atoms with Gasteiger partial charge < -0.3 is 5.11 Å². The highest BCUT2D eigenvalue weighted by Crippen LogP contribution is 2.36. The van der Waals surface area contributed by atoms with Crippen molar-refractivity contribution in [3.8, 4) is 11.1 Å². The zero-order valence-electron chi connectivity index (χ0n) is 10.2. The molecule has 2 aromatic rings. The fraction of sp³-hybridized carbons (Fsp3) is 0.0714. The molecule has 0 fully saturated rings. The van der Waals surface area contributed by atoms with Gasteiger partial charge in [-0.05, 0) is 35.4 Å². The number of halogens is 5. The van der Waals surface area contributed by atoms with Crippen LogP contribution in [0, 0.1) is 0 Å². The van der Waals surface area contributed by atoms with Crippen molar-refractivity contribution in [1.82, 2.24) is 0 Å². The second kappa shape index (κ2) is 5.58. The summed E-state index contributed by atoms with van der Waals surface area (Å²) in [5.74, 6) is -1.64. The molecule has 0 unspecified atom stereocenters. The Labute approximate surface area is 127 Å². The SMILES string of the molecule is O=C(O)c1ccc(-c2ccc(Cl)c(Cl)c2)cc1C(F)(F)F. The molecule has 0 radical (unpaired) electrons. The van der Waals surface area contributed by atoms with Gasteiger partial charge in [0.25, 0.3) is 0 Å². The highest BCUT2D eigenvalue weighted by molar-refractivity contribution is 6.42. The second-order valence-corrected chi connectivity index (χ2v) is 5.01. The van der Waals surface area contributed by atoms with E-state index in [4.69, 9.17) is 28.3 Å². The largest absolute Gasteiger partial charge is 0.478 e. The van der Waals surface area contributed by atoms with Crippen molar-refractivity contribution in [1.29, 1.82) is 0 Å². The van der Waals surface area contributed by atoms with Crippen LogP contribution in [-0.2, 0) is 6.18 Å². The van der Waals surface area contributed by atoms with Crippen LogP contribution >= 0.6 is 23.2 Å². The molecule has 0 aliphatic heterocycles. The fourth-order valence-corrected chi connectivity index (χ4v) is 2.12. The third-order valence-electron chi connectivity index (χ3n) is 2.81. The summed E-state index contributed by atoms with van der Waals surface area (Å²) in [5.41, 5.74) is -1.40. The molecule has 0 bridgehead atoms. The van der Waals surface area contributed by atoms with Crippen molar-refractivity contribution >= 4 is 29.2 Å². The van der Waals surface area contributed by atoms with E-state index in [1.807, 2.05) is 0 Å². The van der Waals surface area contributed by atoms with Crippen molar-refractivity contribution in [3.05, 3.63) is 57.6 Å². The van der Waals surface area contributed by atoms with Crippen LogP contribution in [0.25, 0.3) is 11.1 Å². The zero-order valence-corrected chi connectivity index (χ0v) is 11.7. The number of carboxylic acids is 1. The van der Waals surface area contributed by atoms with Crippen LogP contribution in [0.2, 0.25) is 10.0 Å². The maximum Gasteiger partial charge on any atom is 0.417 e. The van der Waals surface area contributed by atoms with E-state index in [0.717, 1.165) is 12.1 Å². The zero-order chi connectivity index (χ0) is 15.8. The summed E-state index contributed by atoms with van der Waals surface area (Å²) in [6.07, 6.45) is -4.76. The van der Waals surface area contributed by atoms with Crippen molar-refractivity contribution in [2.45, 2.75) is 6.18 Å². The summed E-state index contributed by atoms with van der Waals surface area (Å²) >= 11 is 11.6. The van der Waals surface area contributed by atoms with Gasteiger partial charge in [-0.3, -0.25) is 0 Å². The van der Waals surface area contributed by atoms with Crippen LogP contribution in [0.4, 0.5) is 13.2 Å². The molecular formula is C14H7Cl2F3O2. The highest BCUT2D eigenvalue weighted by Gasteiger charge is 2.35. The number of benzene rings is 2. The lowest BCUT2D eigenvalue weighted by atomic mass is 9.99. The molecule has 110 valence electrons. The number of alkyl halides is 3. The molecule has 2 nitrogen and oxygen atoms in total. The minimum absolute atomic E-state index is 0.199. The van der Waals surface area contributed by atoms with Crippen LogP contribution in [-0.4, -0.2) is 11.1 Å². The van der Waals surface area contributed by atoms with Crippen LogP contribution in [0.5, 0.6) is 0 Å².